The van der Waals surface area contributed by atoms with Crippen LogP contribution in [0.3, 0.4) is 0 Å². The largest absolute Gasteiger partial charge is 0.452 e. The van der Waals surface area contributed by atoms with Crippen molar-refractivity contribution in [3.63, 3.8) is 0 Å². The van der Waals surface area contributed by atoms with Crippen molar-refractivity contribution < 1.29 is 22.3 Å². The number of hydrogen-bond acceptors (Lipinski definition) is 5. The first-order chi connectivity index (χ1) is 12.4. The Morgan fingerprint density at radius 3 is 2.74 bits per heavy atom. The van der Waals surface area contributed by atoms with Crippen molar-refractivity contribution in [1.82, 2.24) is 0 Å². The van der Waals surface area contributed by atoms with Gasteiger partial charge in [-0.1, -0.05) is 24.1 Å². The highest BCUT2D eigenvalue weighted by Gasteiger charge is 2.50. The van der Waals surface area contributed by atoms with Crippen molar-refractivity contribution in [1.29, 1.82) is 5.41 Å². The Hall–Kier alpha value is -2.47. The number of halogens is 4. The molecule has 1 aromatic rings. The smallest absolute Gasteiger partial charge is 0.425 e. The second-order valence-corrected chi connectivity index (χ2v) is 6.89. The summed E-state index contributed by atoms with van der Waals surface area (Å²) in [5.41, 5.74) is 4.50. The average Bonchev–Trinajstić information content (AvgIpc) is 2.51. The molecule has 0 spiro atoms. The lowest BCUT2D eigenvalue weighted by molar-refractivity contribution is -0.208. The molecule has 1 aliphatic rings. The minimum absolute atomic E-state index is 0.0658. The highest BCUT2D eigenvalue weighted by atomic mass is 32.1. The molecule has 0 saturated heterocycles. The van der Waals surface area contributed by atoms with Gasteiger partial charge in [0.05, 0.1) is 10.4 Å². The summed E-state index contributed by atoms with van der Waals surface area (Å²) in [6.45, 7) is 2.95. The first-order valence-corrected chi connectivity index (χ1v) is 8.29. The maximum absolute atomic E-state index is 14.4. The molecule has 144 valence electrons. The molecule has 4 nitrogen and oxygen atoms in total. The van der Waals surface area contributed by atoms with Crippen LogP contribution in [0.15, 0.2) is 23.2 Å². The van der Waals surface area contributed by atoms with Crippen molar-refractivity contribution in [3.8, 4) is 11.8 Å². The standard InChI is InChI=1S/C18H17F4N3OS/c1-10(23)7-12(27)5-3-11-4-6-14(19)13(8-11)17(2)9-15(18(20,21)22)26-16(24)25-17/h4,6,8,15,23H,7,9H2,1-2H3,(H2,24,25)/t15-,17-/m0/s1. The summed E-state index contributed by atoms with van der Waals surface area (Å²) in [5.74, 6) is 4.70. The van der Waals surface area contributed by atoms with E-state index in [0.717, 1.165) is 6.07 Å². The number of ether oxygens (including phenoxy) is 1. The van der Waals surface area contributed by atoms with Crippen LogP contribution in [0.25, 0.3) is 0 Å². The Morgan fingerprint density at radius 1 is 1.48 bits per heavy atom. The number of alkyl halides is 3. The van der Waals surface area contributed by atoms with Gasteiger partial charge < -0.3 is 15.9 Å². The van der Waals surface area contributed by atoms with E-state index < -0.39 is 36.1 Å². The second-order valence-electron chi connectivity index (χ2n) is 6.40. The lowest BCUT2D eigenvalue weighted by Gasteiger charge is -2.35. The lowest BCUT2D eigenvalue weighted by atomic mass is 9.85. The summed E-state index contributed by atoms with van der Waals surface area (Å²) >= 11 is 5.04. The Balaban J connectivity index is 2.40. The van der Waals surface area contributed by atoms with Gasteiger partial charge in [-0.2, -0.15) is 13.2 Å². The molecule has 0 aliphatic carbocycles. The molecule has 0 fully saturated rings. The number of rotatable bonds is 3. The molecule has 1 aromatic carbocycles. The van der Waals surface area contributed by atoms with Crippen molar-refractivity contribution in [2.45, 2.75) is 44.5 Å². The summed E-state index contributed by atoms with van der Waals surface area (Å²) in [6.07, 6.45) is -7.22. The van der Waals surface area contributed by atoms with Crippen LogP contribution in [0.4, 0.5) is 17.6 Å². The number of amidine groups is 1. The zero-order chi connectivity index (χ0) is 20.4. The van der Waals surface area contributed by atoms with Gasteiger partial charge >= 0.3 is 6.18 Å². The van der Waals surface area contributed by atoms with Crippen LogP contribution in [0.1, 0.15) is 37.8 Å². The minimum atomic E-state index is -4.66. The van der Waals surface area contributed by atoms with Crippen LogP contribution in [0, 0.1) is 23.1 Å². The predicted molar refractivity (Wildman–Crippen MR) is 98.4 cm³/mol. The second kappa shape index (κ2) is 7.64. The number of aliphatic imine (C=N–C) groups is 1. The van der Waals surface area contributed by atoms with Crippen molar-refractivity contribution in [2.75, 3.05) is 0 Å². The molecule has 2 atom stereocenters. The topological polar surface area (TPSA) is 71.5 Å². The van der Waals surface area contributed by atoms with Gasteiger partial charge in [-0.15, -0.1) is 0 Å². The van der Waals surface area contributed by atoms with E-state index in [9.17, 15) is 17.6 Å². The van der Waals surface area contributed by atoms with Gasteiger partial charge in [0.15, 0.2) is 6.10 Å². The number of nitrogens with two attached hydrogens (primary N) is 1. The summed E-state index contributed by atoms with van der Waals surface area (Å²) < 4.78 is 58.2. The Bertz CT molecular complexity index is 870. The van der Waals surface area contributed by atoms with Gasteiger partial charge in [-0.3, -0.25) is 0 Å². The summed E-state index contributed by atoms with van der Waals surface area (Å²) in [7, 11) is 0. The molecule has 0 unspecified atom stereocenters. The van der Waals surface area contributed by atoms with Crippen molar-refractivity contribution in [3.05, 3.63) is 35.1 Å². The first kappa shape index (κ1) is 20.8. The Morgan fingerprint density at radius 2 is 2.15 bits per heavy atom. The maximum atomic E-state index is 14.4. The molecular weight excluding hydrogens is 382 g/mol. The molecule has 0 amide bonds. The monoisotopic (exact) mass is 399 g/mol. The first-order valence-electron chi connectivity index (χ1n) is 7.88. The minimum Gasteiger partial charge on any atom is -0.452 e. The van der Waals surface area contributed by atoms with Gasteiger partial charge in [0.2, 0.25) is 0 Å². The highest BCUT2D eigenvalue weighted by Crippen LogP contribution is 2.40. The van der Waals surface area contributed by atoms with E-state index in [1.54, 1.807) is 6.92 Å². The van der Waals surface area contributed by atoms with E-state index in [4.69, 9.17) is 23.4 Å². The molecule has 0 aromatic heterocycles. The van der Waals surface area contributed by atoms with Crippen molar-refractivity contribution in [2.24, 2.45) is 10.7 Å². The third-order valence-corrected chi connectivity index (χ3v) is 4.13. The fraction of sp³-hybridized carbons (Fsp3) is 0.389. The van der Waals surface area contributed by atoms with E-state index in [0.29, 0.717) is 16.1 Å². The molecule has 0 bridgehead atoms. The van der Waals surface area contributed by atoms with E-state index in [1.807, 2.05) is 0 Å². The van der Waals surface area contributed by atoms with Crippen LogP contribution in [0.5, 0.6) is 0 Å². The Kier molecular flexibility index (Phi) is 5.90. The summed E-state index contributed by atoms with van der Waals surface area (Å²) in [6, 6.07) is 3.18. The maximum Gasteiger partial charge on any atom is 0.425 e. The van der Waals surface area contributed by atoms with E-state index in [2.05, 4.69) is 21.6 Å². The van der Waals surface area contributed by atoms with Gasteiger partial charge in [0.1, 0.15) is 5.82 Å². The van der Waals surface area contributed by atoms with Crippen LogP contribution < -0.4 is 5.73 Å². The molecule has 2 rings (SSSR count). The molecule has 1 aliphatic heterocycles. The molecule has 0 radical (unpaired) electrons. The van der Waals surface area contributed by atoms with Crippen LogP contribution in [0.2, 0.25) is 0 Å². The number of hydrogen-bond donors (Lipinski definition) is 2. The number of nitrogens with one attached hydrogen (secondary N) is 1. The normalized spacial score (nSPS) is 22.1. The predicted octanol–water partition coefficient (Wildman–Crippen LogP) is 3.86. The third kappa shape index (κ3) is 5.26. The SMILES string of the molecule is CC(=N)CC(=S)C#Cc1ccc(F)c([C@]2(C)C[C@@H](C(F)(F)F)OC(N)=N2)c1. The van der Waals surface area contributed by atoms with Gasteiger partial charge in [-0.05, 0) is 32.0 Å². The summed E-state index contributed by atoms with van der Waals surface area (Å²) in [5, 5.41) is 7.38. The number of benzene rings is 1. The third-order valence-electron chi connectivity index (χ3n) is 3.89. The number of thiocarbonyl (C=S) groups is 1. The fourth-order valence-corrected chi connectivity index (χ4v) is 2.93. The van der Waals surface area contributed by atoms with E-state index >= 15 is 0 Å². The van der Waals surface area contributed by atoms with Gasteiger partial charge in [-0.25, -0.2) is 9.38 Å². The van der Waals surface area contributed by atoms with Crippen LogP contribution >= 0.6 is 12.2 Å². The van der Waals surface area contributed by atoms with Gasteiger partial charge in [0, 0.05) is 29.7 Å². The fourth-order valence-electron chi connectivity index (χ4n) is 2.66. The van der Waals surface area contributed by atoms with E-state index in [-0.39, 0.29) is 12.0 Å². The lowest BCUT2D eigenvalue weighted by Crippen LogP contribution is -2.46. The molecule has 9 heteroatoms. The van der Waals surface area contributed by atoms with E-state index in [1.165, 1.54) is 19.1 Å². The zero-order valence-electron chi connectivity index (χ0n) is 14.6. The highest BCUT2D eigenvalue weighted by molar-refractivity contribution is 7.81. The summed E-state index contributed by atoms with van der Waals surface area (Å²) in [4.78, 5) is 4.25. The zero-order valence-corrected chi connectivity index (χ0v) is 15.4. The molecular formula is C18H17F4N3OS. The van der Waals surface area contributed by atoms with Crippen molar-refractivity contribution >= 4 is 28.8 Å². The van der Waals surface area contributed by atoms with Crippen LogP contribution in [-0.4, -0.2) is 28.9 Å². The Labute approximate surface area is 159 Å². The average molecular weight is 399 g/mol. The molecule has 1 heterocycles. The number of nitrogens with zero attached hydrogens (tertiary/aromatic N) is 1. The van der Waals surface area contributed by atoms with Gasteiger partial charge in [0.25, 0.3) is 6.02 Å². The molecule has 3 N–H and O–H groups in total. The molecule has 0 saturated carbocycles. The quantitative estimate of drug-likeness (QED) is 0.351. The van der Waals surface area contributed by atoms with Crippen LogP contribution in [-0.2, 0) is 10.3 Å². The molecule has 27 heavy (non-hydrogen) atoms.